The lowest BCUT2D eigenvalue weighted by Gasteiger charge is -2.15. The largest absolute Gasteiger partial charge is 0.451 e. The summed E-state index contributed by atoms with van der Waals surface area (Å²) < 4.78 is 37.2. The Morgan fingerprint density at radius 1 is 1.25 bits per heavy atom. The van der Waals surface area contributed by atoms with E-state index in [2.05, 4.69) is 15.4 Å². The number of halogens is 3. The fourth-order valence-electron chi connectivity index (χ4n) is 0.934. The summed E-state index contributed by atoms with van der Waals surface area (Å²) in [5, 5.41) is 1.45. The van der Waals surface area contributed by atoms with E-state index in [1.807, 2.05) is 5.43 Å². The van der Waals surface area contributed by atoms with E-state index in [0.717, 1.165) is 0 Å². The Morgan fingerprint density at radius 3 is 2.25 bits per heavy atom. The normalized spacial score (nSPS) is 11.7. The third-order valence-electron chi connectivity index (χ3n) is 1.47. The Labute approximate surface area is 89.6 Å². The topological polar surface area (TPSA) is 79.1 Å². The highest BCUT2D eigenvalue weighted by Crippen LogP contribution is 2.28. The Balaban J connectivity index is 3.11. The van der Waals surface area contributed by atoms with Crippen molar-refractivity contribution in [2.75, 3.05) is 24.9 Å². The zero-order valence-electron chi connectivity index (χ0n) is 8.63. The van der Waals surface area contributed by atoms with Gasteiger partial charge in [-0.2, -0.15) is 13.2 Å². The number of hydrogen-bond donors (Lipinski definition) is 3. The molecule has 16 heavy (non-hydrogen) atoms. The smallest absolute Gasteiger partial charge is 0.308 e. The second-order valence-corrected chi connectivity index (χ2v) is 3.11. The first-order chi connectivity index (χ1) is 7.32. The van der Waals surface area contributed by atoms with Crippen LogP contribution in [0.25, 0.3) is 0 Å². The number of alkyl halides is 3. The van der Waals surface area contributed by atoms with Crippen molar-refractivity contribution in [3.05, 3.63) is 11.9 Å². The summed E-state index contributed by atoms with van der Waals surface area (Å²) in [4.78, 5) is 6.51. The molecule has 4 N–H and O–H groups in total. The van der Waals surface area contributed by atoms with Gasteiger partial charge in [0.25, 0.3) is 0 Å². The fourth-order valence-corrected chi connectivity index (χ4v) is 0.934. The van der Waals surface area contributed by atoms with Crippen molar-refractivity contribution in [2.45, 2.75) is 6.18 Å². The summed E-state index contributed by atoms with van der Waals surface area (Å²) in [7, 11) is 3.23. The predicted molar refractivity (Wildman–Crippen MR) is 52.2 cm³/mol. The first-order valence-electron chi connectivity index (χ1n) is 4.20. The van der Waals surface area contributed by atoms with Crippen LogP contribution >= 0.6 is 0 Å². The zero-order valence-corrected chi connectivity index (χ0v) is 8.63. The van der Waals surface area contributed by atoms with Crippen LogP contribution in [0.4, 0.5) is 24.8 Å². The molecule has 1 aromatic rings. The molecule has 6 nitrogen and oxygen atoms in total. The lowest BCUT2D eigenvalue weighted by Crippen LogP contribution is -2.23. The van der Waals surface area contributed by atoms with Gasteiger partial charge in [-0.15, -0.1) is 0 Å². The van der Waals surface area contributed by atoms with Crippen molar-refractivity contribution in [3.8, 4) is 0 Å². The molecule has 0 aliphatic heterocycles. The van der Waals surface area contributed by atoms with Crippen molar-refractivity contribution < 1.29 is 13.2 Å². The second kappa shape index (κ2) is 4.49. The van der Waals surface area contributed by atoms with Crippen LogP contribution in [0, 0.1) is 0 Å². The van der Waals surface area contributed by atoms with Crippen molar-refractivity contribution in [2.24, 2.45) is 5.84 Å². The molecule has 0 aliphatic rings. The first-order valence-corrected chi connectivity index (χ1v) is 4.20. The summed E-state index contributed by atoms with van der Waals surface area (Å²) in [6.45, 7) is 0. The third-order valence-corrected chi connectivity index (χ3v) is 1.47. The van der Waals surface area contributed by atoms with Gasteiger partial charge in [0.2, 0.25) is 5.82 Å². The van der Waals surface area contributed by atoms with Crippen molar-refractivity contribution in [1.29, 1.82) is 0 Å². The van der Waals surface area contributed by atoms with Gasteiger partial charge in [0.15, 0.2) is 0 Å². The van der Waals surface area contributed by atoms with Crippen molar-refractivity contribution in [1.82, 2.24) is 15.0 Å². The Kier molecular flexibility index (Phi) is 3.50. The van der Waals surface area contributed by atoms with Crippen LogP contribution in [0.1, 0.15) is 5.82 Å². The number of anilines is 2. The second-order valence-electron chi connectivity index (χ2n) is 3.11. The van der Waals surface area contributed by atoms with E-state index < -0.39 is 12.0 Å². The van der Waals surface area contributed by atoms with E-state index in [0.29, 0.717) is 0 Å². The maximum atomic E-state index is 12.4. The number of hydrazine groups is 2. The lowest BCUT2D eigenvalue weighted by atomic mass is 10.5. The molecule has 0 aromatic carbocycles. The molecule has 1 heterocycles. The molecular formula is C7H11F3N6. The summed E-state index contributed by atoms with van der Waals surface area (Å²) in [5.41, 5.74) is 4.62. The molecule has 0 saturated heterocycles. The molecule has 0 amide bonds. The minimum absolute atomic E-state index is 0.000255. The van der Waals surface area contributed by atoms with Crippen molar-refractivity contribution >= 4 is 11.6 Å². The summed E-state index contributed by atoms with van der Waals surface area (Å²) in [6, 6.07) is 1.26. The van der Waals surface area contributed by atoms with Crippen LogP contribution < -0.4 is 16.7 Å². The molecule has 1 aromatic heterocycles. The minimum atomic E-state index is -4.62. The highest BCUT2D eigenvalue weighted by atomic mass is 19.4. The Bertz CT molecular complexity index is 364. The molecule has 1 rings (SSSR count). The van der Waals surface area contributed by atoms with Gasteiger partial charge in [0.1, 0.15) is 11.6 Å². The lowest BCUT2D eigenvalue weighted by molar-refractivity contribution is -0.144. The number of nitrogens with two attached hydrogens (primary N) is 1. The van der Waals surface area contributed by atoms with Crippen LogP contribution in [0.5, 0.6) is 0 Å². The molecule has 0 atom stereocenters. The summed E-state index contributed by atoms with van der Waals surface area (Å²) in [6.07, 6.45) is -4.62. The van der Waals surface area contributed by atoms with Gasteiger partial charge in [-0.25, -0.2) is 20.8 Å². The average molecular weight is 236 g/mol. The van der Waals surface area contributed by atoms with Crippen LogP contribution in [-0.4, -0.2) is 29.1 Å². The number of rotatable bonds is 3. The van der Waals surface area contributed by atoms with Gasteiger partial charge in [-0.1, -0.05) is 0 Å². The molecule has 0 saturated carbocycles. The number of aromatic nitrogens is 2. The number of nitrogens with zero attached hydrogens (tertiary/aromatic N) is 3. The first kappa shape index (κ1) is 12.5. The quantitative estimate of drug-likeness (QED) is 0.528. The van der Waals surface area contributed by atoms with Crippen LogP contribution in [0.15, 0.2) is 6.07 Å². The molecule has 0 aliphatic carbocycles. The maximum Gasteiger partial charge on any atom is 0.451 e. The maximum absolute atomic E-state index is 12.4. The summed E-state index contributed by atoms with van der Waals surface area (Å²) >= 11 is 0. The molecule has 9 heteroatoms. The molecule has 0 radical (unpaired) electrons. The van der Waals surface area contributed by atoms with Crippen molar-refractivity contribution in [3.63, 3.8) is 0 Å². The molecule has 0 bridgehead atoms. The van der Waals surface area contributed by atoms with Gasteiger partial charge in [-0.3, -0.25) is 0 Å². The molecule has 0 fully saturated rings. The molecule has 90 valence electrons. The van der Waals surface area contributed by atoms with E-state index in [1.54, 1.807) is 14.1 Å². The molecule has 0 unspecified atom stereocenters. The number of hydrogen-bond acceptors (Lipinski definition) is 6. The van der Waals surface area contributed by atoms with Crippen LogP contribution in [0.3, 0.4) is 0 Å². The van der Waals surface area contributed by atoms with Gasteiger partial charge in [-0.05, 0) is 0 Å². The minimum Gasteiger partial charge on any atom is -0.308 e. The van der Waals surface area contributed by atoms with E-state index in [1.165, 1.54) is 11.1 Å². The Hall–Kier alpha value is -1.61. The average Bonchev–Trinajstić information content (AvgIpc) is 2.14. The number of nitrogens with one attached hydrogen (secondary N) is 2. The monoisotopic (exact) mass is 236 g/mol. The highest BCUT2D eigenvalue weighted by Gasteiger charge is 2.35. The van der Waals surface area contributed by atoms with E-state index in [-0.39, 0.29) is 11.6 Å². The Morgan fingerprint density at radius 2 is 1.81 bits per heavy atom. The van der Waals surface area contributed by atoms with Gasteiger partial charge in [0, 0.05) is 20.2 Å². The predicted octanol–water partition coefficient (Wildman–Crippen LogP) is 0.670. The summed E-state index contributed by atoms with van der Waals surface area (Å²) in [5.74, 6) is 3.64. The number of nitrogen functional groups attached to an aromatic ring is 1. The van der Waals surface area contributed by atoms with E-state index in [4.69, 9.17) is 5.84 Å². The standard InChI is InChI=1S/C7H11F3N6/c1-16(2)15-5-3-4(14-11)12-6(13-5)7(8,9)10/h3H,11H2,1-2H3,(H2,12,13,14,15). The molecule has 0 spiro atoms. The van der Waals surface area contributed by atoms with Gasteiger partial charge < -0.3 is 10.9 Å². The van der Waals surface area contributed by atoms with Crippen LogP contribution in [-0.2, 0) is 6.18 Å². The highest BCUT2D eigenvalue weighted by molar-refractivity contribution is 5.46. The SMILES string of the molecule is CN(C)Nc1cc(NN)nc(C(F)(F)F)n1. The van der Waals surface area contributed by atoms with Gasteiger partial charge >= 0.3 is 6.18 Å². The molecular weight excluding hydrogens is 225 g/mol. The van der Waals surface area contributed by atoms with Gasteiger partial charge in [0.05, 0.1) is 0 Å². The van der Waals surface area contributed by atoms with E-state index >= 15 is 0 Å². The van der Waals surface area contributed by atoms with E-state index in [9.17, 15) is 13.2 Å². The van der Waals surface area contributed by atoms with Crippen LogP contribution in [0.2, 0.25) is 0 Å². The zero-order chi connectivity index (χ0) is 12.3. The fraction of sp³-hybridized carbons (Fsp3) is 0.429. The third kappa shape index (κ3) is 3.21.